The maximum atomic E-state index is 11.9. The molecule has 0 N–H and O–H groups in total. The highest BCUT2D eigenvalue weighted by Gasteiger charge is 2.37. The summed E-state index contributed by atoms with van der Waals surface area (Å²) in [6.07, 6.45) is 4.41. The van der Waals surface area contributed by atoms with Gasteiger partial charge in [0.1, 0.15) is 0 Å². The number of esters is 1. The maximum absolute atomic E-state index is 11.9. The lowest BCUT2D eigenvalue weighted by atomic mass is 9.62. The first kappa shape index (κ1) is 22.1. The molecule has 0 saturated heterocycles. The molecule has 0 saturated carbocycles. The summed E-state index contributed by atoms with van der Waals surface area (Å²) in [7, 11) is 0. The van der Waals surface area contributed by atoms with Crippen LogP contribution in [0.25, 0.3) is 11.1 Å². The van der Waals surface area contributed by atoms with E-state index in [2.05, 4.69) is 53.3 Å². The van der Waals surface area contributed by atoms with Crippen molar-refractivity contribution < 1.29 is 14.3 Å². The largest absolute Gasteiger partial charge is 0.490 e. The van der Waals surface area contributed by atoms with Gasteiger partial charge in [0.2, 0.25) is 0 Å². The molecule has 1 aliphatic rings. The lowest BCUT2D eigenvalue weighted by Gasteiger charge is -2.42. The van der Waals surface area contributed by atoms with Crippen molar-refractivity contribution in [2.75, 3.05) is 6.61 Å². The summed E-state index contributed by atoms with van der Waals surface area (Å²) in [6, 6.07) is 10.5. The smallest absolute Gasteiger partial charge is 0.335 e. The first-order valence-corrected chi connectivity index (χ1v) is 10.9. The van der Waals surface area contributed by atoms with Gasteiger partial charge < -0.3 is 9.47 Å². The summed E-state index contributed by atoms with van der Waals surface area (Å²) in [4.78, 5) is 11.9. The fourth-order valence-electron chi connectivity index (χ4n) is 4.27. The van der Waals surface area contributed by atoms with Crippen molar-refractivity contribution in [1.29, 1.82) is 0 Å². The molecule has 3 nitrogen and oxygen atoms in total. The molecule has 2 aromatic carbocycles. The SMILES string of the molecule is C=CC(=O)Oc1cc(-c2cc3c(cc2C)C(C)(C)CCC3(C)C)ccc1OCCC. The highest BCUT2D eigenvalue weighted by atomic mass is 16.6. The molecule has 3 heteroatoms. The molecule has 0 fully saturated rings. The topological polar surface area (TPSA) is 35.5 Å². The van der Waals surface area contributed by atoms with Crippen LogP contribution in [0.4, 0.5) is 0 Å². The predicted octanol–water partition coefficient (Wildman–Crippen LogP) is 6.89. The molecule has 0 unspecified atom stereocenters. The van der Waals surface area contributed by atoms with Crippen molar-refractivity contribution in [3.05, 3.63) is 59.7 Å². The van der Waals surface area contributed by atoms with E-state index in [1.807, 2.05) is 25.1 Å². The zero-order valence-corrected chi connectivity index (χ0v) is 19.2. The van der Waals surface area contributed by atoms with Crippen molar-refractivity contribution in [1.82, 2.24) is 0 Å². The summed E-state index contributed by atoms with van der Waals surface area (Å²) in [6.45, 7) is 17.6. The zero-order chi connectivity index (χ0) is 22.1. The van der Waals surface area contributed by atoms with E-state index in [1.165, 1.54) is 35.6 Å². The number of aryl methyl sites for hydroxylation is 1. The van der Waals surface area contributed by atoms with Gasteiger partial charge in [-0.2, -0.15) is 0 Å². The molecule has 0 heterocycles. The van der Waals surface area contributed by atoms with E-state index in [4.69, 9.17) is 9.47 Å². The van der Waals surface area contributed by atoms with Crippen molar-refractivity contribution >= 4 is 5.97 Å². The number of hydrogen-bond donors (Lipinski definition) is 0. The molecule has 160 valence electrons. The third kappa shape index (κ3) is 4.30. The van der Waals surface area contributed by atoms with Crippen LogP contribution in [0.3, 0.4) is 0 Å². The highest BCUT2D eigenvalue weighted by molar-refractivity contribution is 5.84. The van der Waals surface area contributed by atoms with Crippen LogP contribution in [-0.2, 0) is 15.6 Å². The highest BCUT2D eigenvalue weighted by Crippen LogP contribution is 2.48. The third-order valence-electron chi connectivity index (χ3n) is 6.29. The first-order valence-electron chi connectivity index (χ1n) is 10.9. The fourth-order valence-corrected chi connectivity index (χ4v) is 4.27. The minimum atomic E-state index is -0.487. The quantitative estimate of drug-likeness (QED) is 0.298. The lowest BCUT2D eigenvalue weighted by Crippen LogP contribution is -2.34. The van der Waals surface area contributed by atoms with Gasteiger partial charge in [0.25, 0.3) is 0 Å². The van der Waals surface area contributed by atoms with Crippen molar-refractivity contribution in [2.24, 2.45) is 0 Å². The Bertz CT molecular complexity index is 966. The normalized spacial score (nSPS) is 16.5. The number of carbonyl (C=O) groups is 1. The van der Waals surface area contributed by atoms with Gasteiger partial charge in [-0.25, -0.2) is 4.79 Å². The molecule has 0 radical (unpaired) electrons. The summed E-state index contributed by atoms with van der Waals surface area (Å²) in [5.41, 5.74) is 6.58. The Morgan fingerprint density at radius 3 is 2.27 bits per heavy atom. The molecule has 0 atom stereocenters. The van der Waals surface area contributed by atoms with E-state index in [1.54, 1.807) is 0 Å². The van der Waals surface area contributed by atoms with Gasteiger partial charge in [0.05, 0.1) is 6.61 Å². The second-order valence-electron chi connectivity index (χ2n) is 9.62. The Labute approximate surface area is 181 Å². The summed E-state index contributed by atoms with van der Waals surface area (Å²) < 4.78 is 11.3. The van der Waals surface area contributed by atoms with Crippen LogP contribution in [0.15, 0.2) is 43.0 Å². The molecule has 3 rings (SSSR count). The predicted molar refractivity (Wildman–Crippen MR) is 124 cm³/mol. The number of fused-ring (bicyclic) bond motifs is 1. The zero-order valence-electron chi connectivity index (χ0n) is 19.2. The standard InChI is InChI=1S/C27H34O3/c1-8-14-29-23-11-10-19(16-24(23)30-25(28)9-2)20-17-22-21(15-18(20)3)26(4,5)12-13-27(22,6)7/h9-11,15-17H,2,8,12-14H2,1,3-7H3. The van der Waals surface area contributed by atoms with Gasteiger partial charge in [0.15, 0.2) is 11.5 Å². The number of benzene rings is 2. The van der Waals surface area contributed by atoms with Crippen LogP contribution in [0.5, 0.6) is 11.5 Å². The molecular formula is C27H34O3. The summed E-state index contributed by atoms with van der Waals surface area (Å²) in [5.74, 6) is 0.522. The van der Waals surface area contributed by atoms with Crippen molar-refractivity contribution in [3.63, 3.8) is 0 Å². The minimum absolute atomic E-state index is 0.135. The van der Waals surface area contributed by atoms with Gasteiger partial charge in [-0.15, -0.1) is 0 Å². The fraction of sp³-hybridized carbons (Fsp3) is 0.444. The Morgan fingerprint density at radius 1 is 1.03 bits per heavy atom. The molecule has 1 aliphatic carbocycles. The van der Waals surface area contributed by atoms with Crippen LogP contribution in [-0.4, -0.2) is 12.6 Å². The monoisotopic (exact) mass is 406 g/mol. The van der Waals surface area contributed by atoms with Crippen LogP contribution in [0.2, 0.25) is 0 Å². The van der Waals surface area contributed by atoms with E-state index in [-0.39, 0.29) is 10.8 Å². The molecule has 2 aromatic rings. The maximum Gasteiger partial charge on any atom is 0.335 e. The van der Waals surface area contributed by atoms with Crippen LogP contribution < -0.4 is 9.47 Å². The van der Waals surface area contributed by atoms with E-state index in [0.29, 0.717) is 18.1 Å². The van der Waals surface area contributed by atoms with Gasteiger partial charge in [-0.1, -0.05) is 59.4 Å². The molecular weight excluding hydrogens is 372 g/mol. The molecule has 0 aromatic heterocycles. The van der Waals surface area contributed by atoms with E-state index < -0.39 is 5.97 Å². The van der Waals surface area contributed by atoms with E-state index in [0.717, 1.165) is 17.5 Å². The number of carbonyl (C=O) groups excluding carboxylic acids is 1. The number of hydrogen-bond acceptors (Lipinski definition) is 3. The van der Waals surface area contributed by atoms with Gasteiger partial charge in [-0.3, -0.25) is 0 Å². The summed E-state index contributed by atoms with van der Waals surface area (Å²) >= 11 is 0. The minimum Gasteiger partial charge on any atom is -0.490 e. The average Bonchev–Trinajstić information content (AvgIpc) is 2.70. The van der Waals surface area contributed by atoms with Crippen LogP contribution >= 0.6 is 0 Å². The molecule has 0 aliphatic heterocycles. The molecule has 0 spiro atoms. The van der Waals surface area contributed by atoms with Gasteiger partial charge >= 0.3 is 5.97 Å². The van der Waals surface area contributed by atoms with Crippen molar-refractivity contribution in [3.8, 4) is 22.6 Å². The average molecular weight is 407 g/mol. The Morgan fingerprint density at radius 2 is 1.67 bits per heavy atom. The lowest BCUT2D eigenvalue weighted by molar-refractivity contribution is -0.129. The Balaban J connectivity index is 2.12. The number of rotatable bonds is 6. The third-order valence-corrected chi connectivity index (χ3v) is 6.29. The van der Waals surface area contributed by atoms with Crippen LogP contribution in [0, 0.1) is 6.92 Å². The molecule has 0 amide bonds. The van der Waals surface area contributed by atoms with E-state index >= 15 is 0 Å². The number of ether oxygens (including phenoxy) is 2. The Kier molecular flexibility index (Phi) is 6.12. The van der Waals surface area contributed by atoms with Crippen LogP contribution in [0.1, 0.15) is 70.6 Å². The molecule has 0 bridgehead atoms. The molecule has 30 heavy (non-hydrogen) atoms. The Hall–Kier alpha value is -2.55. The second kappa shape index (κ2) is 8.29. The van der Waals surface area contributed by atoms with Gasteiger partial charge in [0, 0.05) is 6.08 Å². The second-order valence-corrected chi connectivity index (χ2v) is 9.62. The van der Waals surface area contributed by atoms with Crippen molar-refractivity contribution in [2.45, 2.75) is 71.6 Å². The summed E-state index contributed by atoms with van der Waals surface area (Å²) in [5, 5.41) is 0. The van der Waals surface area contributed by atoms with Gasteiger partial charge in [-0.05, 0) is 77.0 Å². The first-order chi connectivity index (χ1) is 14.1. The van der Waals surface area contributed by atoms with E-state index in [9.17, 15) is 4.79 Å².